The smallest absolute Gasteiger partial charge is 0.225 e. The summed E-state index contributed by atoms with van der Waals surface area (Å²) in [7, 11) is 1.68. The molecule has 1 saturated heterocycles. The summed E-state index contributed by atoms with van der Waals surface area (Å²) in [6.07, 6.45) is 4.90. The van der Waals surface area contributed by atoms with E-state index in [2.05, 4.69) is 57.9 Å². The Labute approximate surface area is 222 Å². The molecule has 3 N–H and O–H groups in total. The third-order valence-corrected chi connectivity index (χ3v) is 7.83. The van der Waals surface area contributed by atoms with Gasteiger partial charge in [0.1, 0.15) is 17.1 Å². The number of likely N-dealkylation sites (tertiary alicyclic amines) is 1. The zero-order chi connectivity index (χ0) is 26.2. The fraction of sp³-hybridized carbons (Fsp3) is 0.290. The van der Waals surface area contributed by atoms with Crippen molar-refractivity contribution in [2.45, 2.75) is 25.8 Å². The van der Waals surface area contributed by atoms with E-state index >= 15 is 0 Å². The molecule has 38 heavy (non-hydrogen) atoms. The molecular formula is C31H33N5O2. The van der Waals surface area contributed by atoms with Crippen LogP contribution >= 0.6 is 0 Å². The third kappa shape index (κ3) is 4.43. The summed E-state index contributed by atoms with van der Waals surface area (Å²) < 4.78 is 7.95. The monoisotopic (exact) mass is 507 g/mol. The highest BCUT2D eigenvalue weighted by atomic mass is 16.5. The summed E-state index contributed by atoms with van der Waals surface area (Å²) in [4.78, 5) is 19.8. The first-order valence-corrected chi connectivity index (χ1v) is 13.3. The molecule has 2 fully saturated rings. The largest absolute Gasteiger partial charge is 0.494 e. The number of carbonyl (C=O) groups is 1. The van der Waals surface area contributed by atoms with Gasteiger partial charge in [0, 0.05) is 31.1 Å². The molecule has 1 saturated carbocycles. The molecule has 7 nitrogen and oxygen atoms in total. The maximum absolute atomic E-state index is 12.6. The standard InChI is InChI=1S/C31H33N5O2/c1-3-21-7-14-25(17-26(21)34-32)22-8-10-23(11-9-22)30-33-29-27(5-4-6-28(29)38-2)36(30)19-20-15-16-35(18-20)31(37)24-12-13-24/h3-11,14,17,20,24,34H,1,12-13,15-16,18-19,32H2,2H3/t20-/m1/s1. The van der Waals surface area contributed by atoms with Crippen LogP contribution in [-0.2, 0) is 11.3 Å². The third-order valence-electron chi connectivity index (χ3n) is 7.83. The number of para-hydroxylation sites is 1. The van der Waals surface area contributed by atoms with Crippen molar-refractivity contribution in [3.63, 3.8) is 0 Å². The van der Waals surface area contributed by atoms with Gasteiger partial charge < -0.3 is 19.6 Å². The molecule has 0 unspecified atom stereocenters. The summed E-state index contributed by atoms with van der Waals surface area (Å²) in [5.41, 5.74) is 9.65. The van der Waals surface area contributed by atoms with Crippen LogP contribution in [0.4, 0.5) is 5.69 Å². The van der Waals surface area contributed by atoms with E-state index in [1.54, 1.807) is 13.2 Å². The lowest BCUT2D eigenvalue weighted by molar-refractivity contribution is -0.131. The van der Waals surface area contributed by atoms with Crippen molar-refractivity contribution >= 4 is 28.7 Å². The zero-order valence-corrected chi connectivity index (χ0v) is 21.7. The highest BCUT2D eigenvalue weighted by Gasteiger charge is 2.37. The van der Waals surface area contributed by atoms with Crippen LogP contribution in [0.5, 0.6) is 5.75 Å². The second-order valence-corrected chi connectivity index (χ2v) is 10.3. The van der Waals surface area contributed by atoms with Crippen molar-refractivity contribution in [1.82, 2.24) is 14.5 Å². The molecule has 0 spiro atoms. The number of imidazole rings is 1. The second-order valence-electron chi connectivity index (χ2n) is 10.3. The van der Waals surface area contributed by atoms with Crippen LogP contribution in [0.2, 0.25) is 0 Å². The summed E-state index contributed by atoms with van der Waals surface area (Å²) in [6.45, 7) is 6.33. The molecule has 194 valence electrons. The first-order valence-electron chi connectivity index (χ1n) is 13.3. The minimum atomic E-state index is 0.269. The minimum absolute atomic E-state index is 0.269. The molecule has 1 aliphatic heterocycles. The average Bonchev–Trinajstić information content (AvgIpc) is 3.61. The Kier molecular flexibility index (Phi) is 6.37. The number of methoxy groups -OCH3 is 1. The quantitative estimate of drug-likeness (QED) is 0.241. The lowest BCUT2D eigenvalue weighted by atomic mass is 10.0. The van der Waals surface area contributed by atoms with Gasteiger partial charge in [-0.1, -0.05) is 55.1 Å². The number of carbonyl (C=O) groups excluding carboxylic acids is 1. The van der Waals surface area contributed by atoms with Crippen molar-refractivity contribution < 1.29 is 9.53 Å². The summed E-state index contributed by atoms with van der Waals surface area (Å²) in [5.74, 6) is 8.40. The van der Waals surface area contributed by atoms with Crippen molar-refractivity contribution in [1.29, 1.82) is 0 Å². The van der Waals surface area contributed by atoms with Crippen molar-refractivity contribution in [3.8, 4) is 28.3 Å². The second kappa shape index (κ2) is 9.99. The summed E-state index contributed by atoms with van der Waals surface area (Å²) in [6, 6.07) is 20.7. The number of hydrogen-bond donors (Lipinski definition) is 2. The minimum Gasteiger partial charge on any atom is -0.494 e. The van der Waals surface area contributed by atoms with Crippen molar-refractivity contribution in [2.75, 3.05) is 25.6 Å². The van der Waals surface area contributed by atoms with Gasteiger partial charge in [0.05, 0.1) is 18.3 Å². The van der Waals surface area contributed by atoms with Gasteiger partial charge >= 0.3 is 0 Å². The molecule has 2 heterocycles. The number of nitrogens with zero attached hydrogens (tertiary/aromatic N) is 3. The fourth-order valence-corrected chi connectivity index (χ4v) is 5.57. The van der Waals surface area contributed by atoms with E-state index in [1.807, 2.05) is 24.3 Å². The predicted molar refractivity (Wildman–Crippen MR) is 152 cm³/mol. The van der Waals surface area contributed by atoms with E-state index in [1.165, 1.54) is 0 Å². The van der Waals surface area contributed by atoms with Crippen molar-refractivity contribution in [3.05, 3.63) is 72.8 Å². The molecule has 7 heteroatoms. The van der Waals surface area contributed by atoms with Gasteiger partial charge in [-0.15, -0.1) is 0 Å². The van der Waals surface area contributed by atoms with Gasteiger partial charge in [-0.2, -0.15) is 0 Å². The maximum atomic E-state index is 12.6. The van der Waals surface area contributed by atoms with Crippen LogP contribution in [0, 0.1) is 11.8 Å². The highest BCUT2D eigenvalue weighted by Crippen LogP contribution is 2.36. The molecule has 3 aromatic carbocycles. The summed E-state index contributed by atoms with van der Waals surface area (Å²) >= 11 is 0. The lowest BCUT2D eigenvalue weighted by Crippen LogP contribution is -2.30. The topological polar surface area (TPSA) is 85.4 Å². The van der Waals surface area contributed by atoms with Crippen LogP contribution in [-0.4, -0.2) is 40.6 Å². The number of amides is 1. The van der Waals surface area contributed by atoms with Gasteiger partial charge in [-0.05, 0) is 60.1 Å². The molecule has 0 radical (unpaired) electrons. The Morgan fingerprint density at radius 3 is 2.58 bits per heavy atom. The molecule has 1 aliphatic carbocycles. The molecule has 6 rings (SSSR count). The predicted octanol–water partition coefficient (Wildman–Crippen LogP) is 5.57. The number of ether oxygens (including phenoxy) is 1. The van der Waals surface area contributed by atoms with Crippen LogP contribution in [0.25, 0.3) is 39.6 Å². The number of hydrazine groups is 1. The number of aromatic nitrogens is 2. The number of benzene rings is 3. The van der Waals surface area contributed by atoms with E-state index in [-0.39, 0.29) is 5.92 Å². The Morgan fingerprint density at radius 2 is 1.87 bits per heavy atom. The summed E-state index contributed by atoms with van der Waals surface area (Å²) in [5, 5.41) is 0. The van der Waals surface area contributed by atoms with E-state index in [4.69, 9.17) is 15.6 Å². The van der Waals surface area contributed by atoms with Crippen molar-refractivity contribution in [2.24, 2.45) is 17.7 Å². The number of nitrogen functional groups attached to an aromatic ring is 1. The molecular weight excluding hydrogens is 474 g/mol. The normalized spacial score (nSPS) is 17.1. The van der Waals surface area contributed by atoms with Crippen LogP contribution in [0.3, 0.4) is 0 Å². The van der Waals surface area contributed by atoms with E-state index < -0.39 is 0 Å². The van der Waals surface area contributed by atoms with Gasteiger partial charge in [-0.25, -0.2) is 4.98 Å². The fourth-order valence-electron chi connectivity index (χ4n) is 5.57. The van der Waals surface area contributed by atoms with E-state index in [0.717, 1.165) is 89.4 Å². The van der Waals surface area contributed by atoms with Gasteiger partial charge in [0.15, 0.2) is 0 Å². The maximum Gasteiger partial charge on any atom is 0.225 e. The van der Waals surface area contributed by atoms with E-state index in [9.17, 15) is 4.79 Å². The molecule has 0 bridgehead atoms. The van der Waals surface area contributed by atoms with Crippen LogP contribution < -0.4 is 16.0 Å². The Balaban J connectivity index is 1.33. The van der Waals surface area contributed by atoms with Gasteiger partial charge in [-0.3, -0.25) is 10.6 Å². The van der Waals surface area contributed by atoms with Gasteiger partial charge in [0.2, 0.25) is 5.91 Å². The molecule has 1 aromatic heterocycles. The number of nitrogens with one attached hydrogen (secondary N) is 1. The Bertz CT molecular complexity index is 1500. The molecule has 4 aromatic rings. The molecule has 2 aliphatic rings. The Hall–Kier alpha value is -4.10. The SMILES string of the molecule is C=Cc1ccc(-c2ccc(-c3nc4c(OC)cccc4n3C[C@@H]3CCN(C(=O)C4CC4)C3)cc2)cc1NN. The van der Waals surface area contributed by atoms with Crippen LogP contribution in [0.1, 0.15) is 24.8 Å². The van der Waals surface area contributed by atoms with E-state index in [0.29, 0.717) is 11.8 Å². The Morgan fingerprint density at radius 1 is 1.11 bits per heavy atom. The average molecular weight is 508 g/mol. The molecule has 1 amide bonds. The number of nitrogens with two attached hydrogens (primary N) is 1. The molecule has 1 atom stereocenters. The van der Waals surface area contributed by atoms with Crippen LogP contribution in [0.15, 0.2) is 67.2 Å². The first-order chi connectivity index (χ1) is 18.6. The number of anilines is 1. The van der Waals surface area contributed by atoms with Gasteiger partial charge in [0.25, 0.3) is 0 Å². The highest BCUT2D eigenvalue weighted by molar-refractivity contribution is 5.86. The number of rotatable bonds is 8. The zero-order valence-electron chi connectivity index (χ0n) is 21.7. The first kappa shape index (κ1) is 24.2. The lowest BCUT2D eigenvalue weighted by Gasteiger charge is -2.18. The number of fused-ring (bicyclic) bond motifs is 1. The number of hydrogen-bond acceptors (Lipinski definition) is 5.